The lowest BCUT2D eigenvalue weighted by Gasteiger charge is -2.24. The number of nitrogens with zero attached hydrogens (tertiary/aromatic N) is 2. The third-order valence-corrected chi connectivity index (χ3v) is 12.2. The summed E-state index contributed by atoms with van der Waals surface area (Å²) in [6.45, 7) is 0.832. The van der Waals surface area contributed by atoms with Crippen molar-refractivity contribution >= 4 is 87.6 Å². The summed E-state index contributed by atoms with van der Waals surface area (Å²) < 4.78 is 16.8. The summed E-state index contributed by atoms with van der Waals surface area (Å²) in [5, 5.41) is 42.8. The number of carbonyl (C=O) groups excluding carboxylic acids is 3. The molecule has 0 aromatic heterocycles. The Morgan fingerprint density at radius 3 is 1.63 bits per heavy atom. The van der Waals surface area contributed by atoms with Crippen LogP contribution in [0.5, 0.6) is 34.5 Å². The monoisotopic (exact) mass is 945 g/mol. The molecular formula is C44H43Cl4N3O12. The second-order valence-electron chi connectivity index (χ2n) is 15.5. The number of halogens is 4. The summed E-state index contributed by atoms with van der Waals surface area (Å²) in [5.74, 6) is -4.30. The minimum absolute atomic E-state index is 0.0107. The quantitative estimate of drug-likeness (QED) is 0.0465. The first-order valence-corrected chi connectivity index (χ1v) is 21.4. The number of hydrogen-bond donors (Lipinski definition) is 5. The Hall–Kier alpha value is -5.61. The zero-order valence-corrected chi connectivity index (χ0v) is 36.9. The van der Waals surface area contributed by atoms with Gasteiger partial charge in [-0.15, -0.1) is 0 Å². The van der Waals surface area contributed by atoms with Gasteiger partial charge in [0.2, 0.25) is 0 Å². The molecule has 0 radical (unpaired) electrons. The number of esters is 2. The smallest absolute Gasteiger partial charge is 0.333 e. The summed E-state index contributed by atoms with van der Waals surface area (Å²) >= 11 is 26.2. The Bertz CT molecular complexity index is 2390. The number of carboxylic acids is 2. The van der Waals surface area contributed by atoms with E-state index in [1.807, 2.05) is 13.8 Å². The molecule has 0 saturated heterocycles. The van der Waals surface area contributed by atoms with E-state index >= 15 is 0 Å². The molecule has 2 fully saturated rings. The summed E-state index contributed by atoms with van der Waals surface area (Å²) in [5.41, 5.74) is 0.735. The van der Waals surface area contributed by atoms with Gasteiger partial charge in [0.25, 0.3) is 5.91 Å². The largest absolute Gasteiger partial charge is 0.508 e. The average Bonchev–Trinajstić information content (AvgIpc) is 3.84. The van der Waals surface area contributed by atoms with Crippen LogP contribution in [0.2, 0.25) is 20.1 Å². The van der Waals surface area contributed by atoms with Crippen molar-refractivity contribution in [2.75, 3.05) is 36.0 Å². The maximum absolute atomic E-state index is 13.1. The number of fused-ring (bicyclic) bond motifs is 2. The van der Waals surface area contributed by atoms with E-state index in [2.05, 4.69) is 5.32 Å². The molecule has 0 spiro atoms. The van der Waals surface area contributed by atoms with Crippen LogP contribution in [0.3, 0.4) is 0 Å². The Kier molecular flexibility index (Phi) is 15.1. The van der Waals surface area contributed by atoms with Crippen LogP contribution in [0, 0.1) is 11.8 Å². The van der Waals surface area contributed by atoms with Crippen molar-refractivity contribution in [3.8, 4) is 34.5 Å². The minimum Gasteiger partial charge on any atom is -0.508 e. The molecule has 63 heavy (non-hydrogen) atoms. The molecule has 2 aliphatic rings. The zero-order chi connectivity index (χ0) is 45.7. The molecule has 4 aromatic carbocycles. The Labute approximate surface area is 381 Å². The van der Waals surface area contributed by atoms with Gasteiger partial charge in [0, 0.05) is 23.0 Å². The highest BCUT2D eigenvalue weighted by Crippen LogP contribution is 2.45. The van der Waals surface area contributed by atoms with Gasteiger partial charge in [-0.05, 0) is 104 Å². The molecule has 4 unspecified atom stereocenters. The molecule has 1 amide bonds. The highest BCUT2D eigenvalue weighted by Gasteiger charge is 2.40. The first-order valence-electron chi connectivity index (χ1n) is 19.9. The fourth-order valence-electron chi connectivity index (χ4n) is 7.83. The van der Waals surface area contributed by atoms with E-state index in [0.29, 0.717) is 23.1 Å². The highest BCUT2D eigenvalue weighted by atomic mass is 35.5. The van der Waals surface area contributed by atoms with E-state index in [0.717, 1.165) is 41.9 Å². The topological polar surface area (TPSA) is 212 Å². The molecule has 0 aliphatic heterocycles. The second kappa shape index (κ2) is 20.3. The van der Waals surface area contributed by atoms with Gasteiger partial charge in [-0.1, -0.05) is 66.7 Å². The number of aromatic hydroxyl groups is 2. The summed E-state index contributed by atoms with van der Waals surface area (Å²) in [7, 11) is 0. The van der Waals surface area contributed by atoms with Crippen molar-refractivity contribution in [2.24, 2.45) is 11.8 Å². The van der Waals surface area contributed by atoms with Crippen LogP contribution in [-0.4, -0.2) is 82.4 Å². The first kappa shape index (κ1) is 46.9. The maximum atomic E-state index is 13.1. The number of phenolic OH excluding ortho intramolecular Hbond substituents is 2. The zero-order valence-electron chi connectivity index (χ0n) is 33.9. The van der Waals surface area contributed by atoms with Crippen molar-refractivity contribution in [3.63, 3.8) is 0 Å². The Morgan fingerprint density at radius 2 is 1.19 bits per heavy atom. The van der Waals surface area contributed by atoms with Crippen molar-refractivity contribution in [2.45, 2.75) is 57.9 Å². The number of ether oxygens (including phenoxy) is 3. The van der Waals surface area contributed by atoms with E-state index in [1.165, 1.54) is 54.6 Å². The van der Waals surface area contributed by atoms with Gasteiger partial charge in [-0.3, -0.25) is 14.4 Å². The van der Waals surface area contributed by atoms with Crippen molar-refractivity contribution in [1.82, 2.24) is 5.32 Å². The number of benzene rings is 4. The van der Waals surface area contributed by atoms with Gasteiger partial charge in [-0.25, -0.2) is 9.59 Å². The van der Waals surface area contributed by atoms with E-state index < -0.39 is 56.0 Å². The summed E-state index contributed by atoms with van der Waals surface area (Å²) in [6.07, 6.45) is 4.94. The first-order chi connectivity index (χ1) is 29.9. The van der Waals surface area contributed by atoms with E-state index in [9.17, 15) is 44.4 Å². The lowest BCUT2D eigenvalue weighted by atomic mass is 9.95. The van der Waals surface area contributed by atoms with Crippen LogP contribution in [0.1, 0.15) is 67.8 Å². The van der Waals surface area contributed by atoms with Crippen molar-refractivity contribution < 1.29 is 58.6 Å². The van der Waals surface area contributed by atoms with E-state index in [1.54, 1.807) is 6.07 Å². The number of rotatable bonds is 18. The molecule has 15 nitrogen and oxygen atoms in total. The van der Waals surface area contributed by atoms with Gasteiger partial charge in [0.15, 0.2) is 11.5 Å². The predicted octanol–water partition coefficient (Wildman–Crippen LogP) is 9.28. The number of amides is 1. The third-order valence-electron chi connectivity index (χ3n) is 11.1. The number of carboxylic acid groups (broad SMARTS) is 2. The number of nitrogens with one attached hydrogen (secondary N) is 1. The molecular weight excluding hydrogens is 904 g/mol. The molecule has 2 aliphatic carbocycles. The summed E-state index contributed by atoms with van der Waals surface area (Å²) in [4.78, 5) is 65.1. The van der Waals surface area contributed by atoms with Crippen LogP contribution in [0.15, 0.2) is 60.7 Å². The van der Waals surface area contributed by atoms with Gasteiger partial charge in [0.1, 0.15) is 49.2 Å². The minimum atomic E-state index is -1.36. The van der Waals surface area contributed by atoms with Gasteiger partial charge in [-0.2, -0.15) is 0 Å². The van der Waals surface area contributed by atoms with Crippen LogP contribution in [-0.2, 0) is 23.9 Å². The molecule has 19 heteroatoms. The predicted molar refractivity (Wildman–Crippen MR) is 235 cm³/mol. The fraction of sp³-hybridized carbons (Fsp3) is 0.341. The average molecular weight is 948 g/mol. The van der Waals surface area contributed by atoms with Crippen LogP contribution >= 0.6 is 46.4 Å². The molecule has 4 atom stereocenters. The number of phenols is 2. The van der Waals surface area contributed by atoms with Crippen LogP contribution < -0.4 is 24.6 Å². The lowest BCUT2D eigenvalue weighted by molar-refractivity contribution is -0.157. The summed E-state index contributed by atoms with van der Waals surface area (Å²) in [6, 6.07) is 13.9. The van der Waals surface area contributed by atoms with Crippen molar-refractivity contribution in [1.29, 1.82) is 0 Å². The number of anilines is 2. The third kappa shape index (κ3) is 11.7. The SMILES string of the molecule is CCC(C)c1cc(Oc2c(Cl)cc(N(CC(=O)O)CC(=O)OC(=O)CN(CC(=O)O)c3cc(Cl)c(Oc4ccc(O)c(C(=O)NC5CC6CCC5C6)c4)c(Cl)c3)cc2Cl)ccc1O. The normalized spacial score (nSPS) is 16.8. The molecule has 6 rings (SSSR count). The molecule has 4 aromatic rings. The van der Waals surface area contributed by atoms with Gasteiger partial charge < -0.3 is 49.8 Å². The van der Waals surface area contributed by atoms with Crippen LogP contribution in [0.25, 0.3) is 0 Å². The number of hydrogen-bond acceptors (Lipinski definition) is 12. The number of aliphatic carboxylic acids is 2. The van der Waals surface area contributed by atoms with E-state index in [4.69, 9.17) is 60.6 Å². The van der Waals surface area contributed by atoms with Crippen molar-refractivity contribution in [3.05, 3.63) is 91.9 Å². The van der Waals surface area contributed by atoms with E-state index in [-0.39, 0.29) is 77.7 Å². The Balaban J connectivity index is 1.12. The lowest BCUT2D eigenvalue weighted by Crippen LogP contribution is -2.39. The second-order valence-corrected chi connectivity index (χ2v) is 17.1. The molecule has 2 bridgehead atoms. The fourth-order valence-corrected chi connectivity index (χ4v) is 8.94. The standard InChI is InChI=1S/C44H43Cl4N3O12/c1-3-22(2)29-16-27(6-8-36(29)52)61-42-31(45)12-25(13-32(42)46)50(18-38(54)55)20-40(58)63-41(59)21-51(19-39(56)57)26-14-33(47)43(34(48)15-26)62-28-7-9-37(53)30(17-28)44(60)49-35-11-23-4-5-24(35)10-23/h6-9,12-17,22-24,35,52-53H,3-5,10-11,18-21H2,1-2H3,(H,49,60)(H,54,55)(H,56,57). The highest BCUT2D eigenvalue weighted by molar-refractivity contribution is 6.38. The molecule has 0 heterocycles. The number of carbonyl (C=O) groups is 5. The molecule has 334 valence electrons. The van der Waals surface area contributed by atoms with Gasteiger partial charge >= 0.3 is 23.9 Å². The van der Waals surface area contributed by atoms with Crippen LogP contribution in [0.4, 0.5) is 11.4 Å². The maximum Gasteiger partial charge on any atom is 0.333 e. The Morgan fingerprint density at radius 1 is 0.698 bits per heavy atom. The molecule has 5 N–H and O–H groups in total. The van der Waals surface area contributed by atoms with Gasteiger partial charge in [0.05, 0.1) is 25.7 Å². The molecule has 2 saturated carbocycles.